The van der Waals surface area contributed by atoms with E-state index >= 15 is 0 Å². The van der Waals surface area contributed by atoms with Gasteiger partial charge in [0, 0.05) is 19.9 Å². The van der Waals surface area contributed by atoms with Crippen molar-refractivity contribution in [2.45, 2.75) is 22.0 Å². The van der Waals surface area contributed by atoms with Crippen LogP contribution in [0.1, 0.15) is 0 Å². The fraction of sp³-hybridized carbons (Fsp3) is 0.500. The first kappa shape index (κ1) is 18.7. The van der Waals surface area contributed by atoms with E-state index in [1.54, 1.807) is 26.2 Å². The summed E-state index contributed by atoms with van der Waals surface area (Å²) in [6, 6.07) is 7.34. The maximum Gasteiger partial charge on any atom is 0.257 e. The minimum absolute atomic E-state index is 0.106. The SMILES string of the molecule is COc1ccc(N(C(=O)C2NNC(OC)S2)C2NNC(OC)S2)cc1. The van der Waals surface area contributed by atoms with Gasteiger partial charge < -0.3 is 14.2 Å². The number of thioether (sulfide) groups is 2. The van der Waals surface area contributed by atoms with Crippen LogP contribution in [0.4, 0.5) is 5.69 Å². The lowest BCUT2D eigenvalue weighted by atomic mass is 10.2. The van der Waals surface area contributed by atoms with Gasteiger partial charge in [-0.25, -0.2) is 21.7 Å². The number of methoxy groups -OCH3 is 3. The maximum absolute atomic E-state index is 13.1. The highest BCUT2D eigenvalue weighted by molar-refractivity contribution is 8.01. The van der Waals surface area contributed by atoms with Crippen molar-refractivity contribution in [2.75, 3.05) is 26.2 Å². The number of hydrogen-bond donors (Lipinski definition) is 4. The molecule has 4 unspecified atom stereocenters. The van der Waals surface area contributed by atoms with E-state index in [1.165, 1.54) is 23.5 Å². The Morgan fingerprint density at radius 1 is 0.960 bits per heavy atom. The van der Waals surface area contributed by atoms with Crippen molar-refractivity contribution >= 4 is 35.1 Å². The van der Waals surface area contributed by atoms with E-state index in [9.17, 15) is 4.79 Å². The predicted molar refractivity (Wildman–Crippen MR) is 97.4 cm³/mol. The van der Waals surface area contributed by atoms with Gasteiger partial charge in [-0.2, -0.15) is 0 Å². The quantitative estimate of drug-likeness (QED) is 0.541. The van der Waals surface area contributed by atoms with E-state index in [1.807, 2.05) is 24.3 Å². The molecule has 2 heterocycles. The van der Waals surface area contributed by atoms with Gasteiger partial charge in [-0.05, 0) is 24.3 Å². The lowest BCUT2D eigenvalue weighted by Crippen LogP contribution is -2.52. The molecule has 0 spiro atoms. The molecule has 0 radical (unpaired) electrons. The van der Waals surface area contributed by atoms with Gasteiger partial charge >= 0.3 is 0 Å². The van der Waals surface area contributed by atoms with Crippen LogP contribution in [0.15, 0.2) is 24.3 Å². The summed E-state index contributed by atoms with van der Waals surface area (Å²) in [6.07, 6.45) is 0. The second-order valence-electron chi connectivity index (χ2n) is 5.12. The lowest BCUT2D eigenvalue weighted by molar-refractivity contribution is -0.118. The zero-order valence-corrected chi connectivity index (χ0v) is 15.6. The number of carbonyl (C=O) groups is 1. The van der Waals surface area contributed by atoms with Crippen molar-refractivity contribution in [1.82, 2.24) is 21.7 Å². The van der Waals surface area contributed by atoms with Gasteiger partial charge in [0.05, 0.1) is 7.11 Å². The largest absolute Gasteiger partial charge is 0.497 e. The molecular formula is C14H21N5O4S2. The molecule has 0 aliphatic carbocycles. The van der Waals surface area contributed by atoms with Crippen molar-refractivity contribution in [3.63, 3.8) is 0 Å². The molecule has 2 fully saturated rings. The summed E-state index contributed by atoms with van der Waals surface area (Å²) < 4.78 is 15.7. The molecule has 0 bridgehead atoms. The van der Waals surface area contributed by atoms with Crippen LogP contribution in [0.25, 0.3) is 0 Å². The normalized spacial score (nSPS) is 28.9. The Morgan fingerprint density at radius 2 is 1.60 bits per heavy atom. The molecule has 0 aromatic heterocycles. The number of benzene rings is 1. The highest BCUT2D eigenvalue weighted by Gasteiger charge is 2.39. The summed E-state index contributed by atoms with van der Waals surface area (Å²) in [5, 5.41) is -0.476. The molecule has 4 N–H and O–H groups in total. The van der Waals surface area contributed by atoms with Gasteiger partial charge in [0.15, 0.2) is 22.0 Å². The monoisotopic (exact) mass is 387 g/mol. The first-order valence-corrected chi connectivity index (χ1v) is 9.40. The number of nitrogens with zero attached hydrogens (tertiary/aromatic N) is 1. The van der Waals surface area contributed by atoms with Crippen LogP contribution >= 0.6 is 23.5 Å². The molecule has 1 aromatic carbocycles. The van der Waals surface area contributed by atoms with Crippen LogP contribution in [-0.2, 0) is 14.3 Å². The van der Waals surface area contributed by atoms with Crippen LogP contribution in [-0.4, -0.2) is 49.2 Å². The number of hydrogen-bond acceptors (Lipinski definition) is 10. The summed E-state index contributed by atoms with van der Waals surface area (Å²) >= 11 is 2.82. The summed E-state index contributed by atoms with van der Waals surface area (Å²) in [7, 11) is 4.80. The third-order valence-corrected chi connectivity index (χ3v) is 5.94. The van der Waals surface area contributed by atoms with Crippen LogP contribution < -0.4 is 31.3 Å². The smallest absolute Gasteiger partial charge is 0.257 e. The molecule has 2 aliphatic heterocycles. The molecule has 2 aliphatic rings. The minimum atomic E-state index is -0.476. The van der Waals surface area contributed by atoms with E-state index in [-0.39, 0.29) is 22.5 Å². The third kappa shape index (κ3) is 4.20. The Kier molecular flexibility index (Phi) is 6.41. The van der Waals surface area contributed by atoms with Crippen LogP contribution in [0.5, 0.6) is 5.75 Å². The second kappa shape index (κ2) is 8.56. The van der Waals surface area contributed by atoms with E-state index in [2.05, 4.69) is 21.7 Å². The Morgan fingerprint density at radius 3 is 2.16 bits per heavy atom. The van der Waals surface area contributed by atoms with Crippen molar-refractivity contribution in [1.29, 1.82) is 0 Å². The van der Waals surface area contributed by atoms with Crippen LogP contribution in [0.2, 0.25) is 0 Å². The van der Waals surface area contributed by atoms with Gasteiger partial charge in [-0.1, -0.05) is 23.5 Å². The number of carbonyl (C=O) groups excluding carboxylic acids is 1. The van der Waals surface area contributed by atoms with E-state index in [0.29, 0.717) is 0 Å². The summed E-state index contributed by atoms with van der Waals surface area (Å²) in [6.45, 7) is 0. The molecule has 2 saturated heterocycles. The molecule has 3 rings (SSSR count). The Bertz CT molecular complexity index is 593. The maximum atomic E-state index is 13.1. The van der Waals surface area contributed by atoms with Crippen molar-refractivity contribution < 1.29 is 19.0 Å². The number of nitrogens with one attached hydrogen (secondary N) is 4. The van der Waals surface area contributed by atoms with Crippen LogP contribution in [0.3, 0.4) is 0 Å². The standard InChI is InChI=1S/C14H21N5O4S2/c1-21-9-6-4-8(5-7-9)19(12-16-18-14(23-3)25-12)11(20)10-15-17-13(22-2)24-10/h4-7,10,12-18H,1-3H3. The van der Waals surface area contributed by atoms with Gasteiger partial charge in [-0.3, -0.25) is 9.69 Å². The second-order valence-corrected chi connectivity index (χ2v) is 7.44. The molecule has 138 valence electrons. The highest BCUT2D eigenvalue weighted by Crippen LogP contribution is 2.32. The number of rotatable bonds is 6. The molecule has 1 aromatic rings. The van der Waals surface area contributed by atoms with E-state index in [4.69, 9.17) is 14.2 Å². The van der Waals surface area contributed by atoms with Gasteiger partial charge in [0.2, 0.25) is 0 Å². The summed E-state index contributed by atoms with van der Waals surface area (Å²) in [5.74, 6) is 0.622. The minimum Gasteiger partial charge on any atom is -0.497 e. The van der Waals surface area contributed by atoms with E-state index < -0.39 is 5.37 Å². The molecule has 25 heavy (non-hydrogen) atoms. The van der Waals surface area contributed by atoms with Gasteiger partial charge in [0.25, 0.3) is 5.91 Å². The number of hydrazine groups is 2. The first-order chi connectivity index (χ1) is 12.2. The fourth-order valence-electron chi connectivity index (χ4n) is 2.38. The number of ether oxygens (including phenoxy) is 3. The first-order valence-electron chi connectivity index (χ1n) is 7.52. The number of amides is 1. The lowest BCUT2D eigenvalue weighted by Gasteiger charge is -2.29. The molecule has 9 nitrogen and oxygen atoms in total. The van der Waals surface area contributed by atoms with Crippen molar-refractivity contribution in [3.8, 4) is 5.75 Å². The van der Waals surface area contributed by atoms with Gasteiger partial charge in [-0.15, -0.1) is 0 Å². The van der Waals surface area contributed by atoms with Gasteiger partial charge in [0.1, 0.15) is 5.75 Å². The molecule has 4 atom stereocenters. The molecule has 11 heteroatoms. The average Bonchev–Trinajstić information content (AvgIpc) is 3.32. The fourth-order valence-corrected chi connectivity index (χ4v) is 4.21. The Balaban J connectivity index is 1.82. The molecule has 0 saturated carbocycles. The molecular weight excluding hydrogens is 366 g/mol. The number of anilines is 1. The summed E-state index contributed by atoms with van der Waals surface area (Å²) in [5.41, 5.74) is 11.9. The zero-order valence-electron chi connectivity index (χ0n) is 14.0. The zero-order chi connectivity index (χ0) is 17.8. The Hall–Kier alpha value is -1.05. The Labute approximate surface area is 154 Å². The topological polar surface area (TPSA) is 96.1 Å². The van der Waals surface area contributed by atoms with Crippen molar-refractivity contribution in [3.05, 3.63) is 24.3 Å². The van der Waals surface area contributed by atoms with Crippen LogP contribution in [0, 0.1) is 0 Å². The highest BCUT2D eigenvalue weighted by atomic mass is 32.2. The van der Waals surface area contributed by atoms with E-state index in [0.717, 1.165) is 11.4 Å². The van der Waals surface area contributed by atoms with Crippen molar-refractivity contribution in [2.24, 2.45) is 0 Å². The molecule has 1 amide bonds. The third-order valence-electron chi connectivity index (χ3n) is 3.64. The predicted octanol–water partition coefficient (Wildman–Crippen LogP) is 0.180. The average molecular weight is 387 g/mol. The summed E-state index contributed by atoms with van der Waals surface area (Å²) in [4.78, 5) is 14.8.